The number of nitrogens with one attached hydrogen (secondary N) is 1. The molecule has 21 heavy (non-hydrogen) atoms. The van der Waals surface area contributed by atoms with Crippen LogP contribution in [-0.2, 0) is 0 Å². The minimum atomic E-state index is 0.406. The Morgan fingerprint density at radius 1 is 1.10 bits per heavy atom. The number of benzene rings is 1. The summed E-state index contributed by atoms with van der Waals surface area (Å²) in [6, 6.07) is 7.34. The van der Waals surface area contributed by atoms with Gasteiger partial charge in [0.15, 0.2) is 11.5 Å². The molecule has 118 valence electrons. The van der Waals surface area contributed by atoms with Crippen molar-refractivity contribution < 1.29 is 9.47 Å². The van der Waals surface area contributed by atoms with Crippen LogP contribution in [0.15, 0.2) is 18.2 Å². The molecule has 0 aromatic heterocycles. The Morgan fingerprint density at radius 3 is 2.48 bits per heavy atom. The minimum Gasteiger partial charge on any atom is -0.490 e. The van der Waals surface area contributed by atoms with E-state index in [1.165, 1.54) is 11.3 Å². The van der Waals surface area contributed by atoms with Gasteiger partial charge in [-0.05, 0) is 37.5 Å². The van der Waals surface area contributed by atoms with Crippen molar-refractivity contribution in [3.05, 3.63) is 23.8 Å². The highest BCUT2D eigenvalue weighted by molar-refractivity contribution is 7.99. The van der Waals surface area contributed by atoms with E-state index in [0.29, 0.717) is 12.1 Å². The third-order valence-electron chi connectivity index (χ3n) is 3.43. The zero-order valence-electron chi connectivity index (χ0n) is 13.4. The number of ether oxygens (including phenoxy) is 2. The molecule has 1 aliphatic heterocycles. The van der Waals surface area contributed by atoms with E-state index in [2.05, 4.69) is 44.3 Å². The lowest BCUT2D eigenvalue weighted by atomic mass is 10.1. The molecular formula is C17H27NO2S. The van der Waals surface area contributed by atoms with Crippen molar-refractivity contribution in [2.24, 2.45) is 0 Å². The monoisotopic (exact) mass is 309 g/mol. The Balaban J connectivity index is 2.14. The van der Waals surface area contributed by atoms with Gasteiger partial charge in [0.25, 0.3) is 0 Å². The molecule has 1 aliphatic rings. The molecule has 0 amide bonds. The van der Waals surface area contributed by atoms with E-state index in [0.717, 1.165) is 43.3 Å². The molecule has 0 bridgehead atoms. The summed E-state index contributed by atoms with van der Waals surface area (Å²) in [6.45, 7) is 7.95. The fourth-order valence-electron chi connectivity index (χ4n) is 2.39. The highest BCUT2D eigenvalue weighted by Gasteiger charge is 2.21. The Kier molecular flexibility index (Phi) is 6.71. The molecule has 0 aliphatic carbocycles. The highest BCUT2D eigenvalue weighted by atomic mass is 32.2. The standard InChI is InChI=1S/C17H27NO2S/c1-4-8-19-16-7-6-14(10-17(16)20-9-5-2)15-12-21-11-13(3)18-15/h6-7,10,13,15,18H,4-5,8-9,11-12H2,1-3H3. The summed E-state index contributed by atoms with van der Waals surface area (Å²) < 4.78 is 11.7. The molecule has 3 nitrogen and oxygen atoms in total. The molecule has 2 rings (SSSR count). The third kappa shape index (κ3) is 4.82. The fraction of sp³-hybridized carbons (Fsp3) is 0.647. The Hall–Kier alpha value is -0.870. The minimum absolute atomic E-state index is 0.406. The SMILES string of the molecule is CCCOc1ccc(C2CSCC(C)N2)cc1OCCC. The van der Waals surface area contributed by atoms with Crippen LogP contribution in [-0.4, -0.2) is 30.8 Å². The molecule has 1 aromatic carbocycles. The topological polar surface area (TPSA) is 30.5 Å². The van der Waals surface area contributed by atoms with Gasteiger partial charge in [0, 0.05) is 23.6 Å². The van der Waals surface area contributed by atoms with Crippen LogP contribution >= 0.6 is 11.8 Å². The maximum atomic E-state index is 5.88. The van der Waals surface area contributed by atoms with Crippen molar-refractivity contribution in [1.29, 1.82) is 0 Å². The summed E-state index contributed by atoms with van der Waals surface area (Å²) in [5, 5.41) is 3.66. The Morgan fingerprint density at radius 2 is 1.81 bits per heavy atom. The molecule has 4 heteroatoms. The average molecular weight is 309 g/mol. The van der Waals surface area contributed by atoms with Gasteiger partial charge in [-0.15, -0.1) is 0 Å². The first-order valence-corrected chi connectivity index (χ1v) is 9.13. The summed E-state index contributed by atoms with van der Waals surface area (Å²) in [5.41, 5.74) is 1.30. The van der Waals surface area contributed by atoms with Gasteiger partial charge in [-0.25, -0.2) is 0 Å². The van der Waals surface area contributed by atoms with Gasteiger partial charge in [-0.1, -0.05) is 19.9 Å². The first-order valence-electron chi connectivity index (χ1n) is 7.98. The summed E-state index contributed by atoms with van der Waals surface area (Å²) in [4.78, 5) is 0. The van der Waals surface area contributed by atoms with Crippen molar-refractivity contribution in [2.45, 2.75) is 45.7 Å². The second-order valence-electron chi connectivity index (χ2n) is 5.56. The quantitative estimate of drug-likeness (QED) is 0.824. The van der Waals surface area contributed by atoms with Gasteiger partial charge in [-0.3, -0.25) is 0 Å². The maximum absolute atomic E-state index is 5.88. The summed E-state index contributed by atoms with van der Waals surface area (Å²) in [6.07, 6.45) is 2.01. The zero-order valence-corrected chi connectivity index (χ0v) is 14.2. The number of rotatable bonds is 7. The maximum Gasteiger partial charge on any atom is 0.161 e. The molecule has 0 radical (unpaired) electrons. The average Bonchev–Trinajstić information content (AvgIpc) is 2.51. The smallest absolute Gasteiger partial charge is 0.161 e. The van der Waals surface area contributed by atoms with Gasteiger partial charge in [-0.2, -0.15) is 11.8 Å². The van der Waals surface area contributed by atoms with E-state index in [4.69, 9.17) is 9.47 Å². The first-order chi connectivity index (χ1) is 10.2. The van der Waals surface area contributed by atoms with Crippen LogP contribution in [0.1, 0.15) is 45.2 Å². The van der Waals surface area contributed by atoms with Crippen molar-refractivity contribution in [3.63, 3.8) is 0 Å². The van der Waals surface area contributed by atoms with E-state index >= 15 is 0 Å². The molecule has 1 fully saturated rings. The molecule has 1 heterocycles. The van der Waals surface area contributed by atoms with Gasteiger partial charge in [0.05, 0.1) is 13.2 Å². The summed E-state index contributed by atoms with van der Waals surface area (Å²) in [7, 11) is 0. The van der Waals surface area contributed by atoms with E-state index in [9.17, 15) is 0 Å². The van der Waals surface area contributed by atoms with E-state index in [-0.39, 0.29) is 0 Å². The third-order valence-corrected chi connectivity index (χ3v) is 4.74. The number of hydrogen-bond donors (Lipinski definition) is 1. The lowest BCUT2D eigenvalue weighted by Gasteiger charge is -2.29. The lowest BCUT2D eigenvalue weighted by molar-refractivity contribution is 0.268. The Bertz CT molecular complexity index is 439. The molecule has 1 aromatic rings. The van der Waals surface area contributed by atoms with Crippen molar-refractivity contribution in [3.8, 4) is 11.5 Å². The predicted molar refractivity (Wildman–Crippen MR) is 90.7 cm³/mol. The fourth-order valence-corrected chi connectivity index (χ4v) is 3.50. The van der Waals surface area contributed by atoms with Crippen molar-refractivity contribution >= 4 is 11.8 Å². The molecule has 0 saturated carbocycles. The zero-order chi connectivity index (χ0) is 15.1. The Labute approximate surface area is 132 Å². The molecule has 1 N–H and O–H groups in total. The van der Waals surface area contributed by atoms with Crippen LogP contribution in [0.5, 0.6) is 11.5 Å². The largest absolute Gasteiger partial charge is 0.490 e. The first kappa shape index (κ1) is 16.5. The van der Waals surface area contributed by atoms with E-state index in [1.54, 1.807) is 0 Å². The normalized spacial score (nSPS) is 22.0. The molecule has 1 saturated heterocycles. The van der Waals surface area contributed by atoms with E-state index in [1.807, 2.05) is 11.8 Å². The van der Waals surface area contributed by atoms with Crippen LogP contribution in [0.2, 0.25) is 0 Å². The van der Waals surface area contributed by atoms with Crippen molar-refractivity contribution in [1.82, 2.24) is 5.32 Å². The van der Waals surface area contributed by atoms with E-state index < -0.39 is 0 Å². The van der Waals surface area contributed by atoms with Crippen molar-refractivity contribution in [2.75, 3.05) is 24.7 Å². The molecule has 2 unspecified atom stereocenters. The van der Waals surface area contributed by atoms with Crippen LogP contribution in [0, 0.1) is 0 Å². The number of thioether (sulfide) groups is 1. The highest BCUT2D eigenvalue weighted by Crippen LogP contribution is 2.33. The van der Waals surface area contributed by atoms with Gasteiger partial charge >= 0.3 is 0 Å². The second-order valence-corrected chi connectivity index (χ2v) is 6.64. The summed E-state index contributed by atoms with van der Waals surface area (Å²) >= 11 is 2.01. The predicted octanol–water partition coefficient (Wildman–Crippen LogP) is 4.03. The van der Waals surface area contributed by atoms with Crippen LogP contribution in [0.3, 0.4) is 0 Å². The van der Waals surface area contributed by atoms with Crippen LogP contribution in [0.4, 0.5) is 0 Å². The summed E-state index contributed by atoms with van der Waals surface area (Å²) in [5.74, 6) is 4.05. The second kappa shape index (κ2) is 8.54. The van der Waals surface area contributed by atoms with Crippen LogP contribution in [0.25, 0.3) is 0 Å². The molecular weight excluding hydrogens is 282 g/mol. The van der Waals surface area contributed by atoms with Crippen LogP contribution < -0.4 is 14.8 Å². The van der Waals surface area contributed by atoms with Gasteiger partial charge in [0.2, 0.25) is 0 Å². The lowest BCUT2D eigenvalue weighted by Crippen LogP contribution is -2.37. The van der Waals surface area contributed by atoms with Gasteiger partial charge in [0.1, 0.15) is 0 Å². The molecule has 0 spiro atoms. The van der Waals surface area contributed by atoms with Gasteiger partial charge < -0.3 is 14.8 Å². The molecule has 2 atom stereocenters. The number of hydrogen-bond acceptors (Lipinski definition) is 4.